The van der Waals surface area contributed by atoms with E-state index in [0.717, 1.165) is 5.56 Å². The van der Waals surface area contributed by atoms with Crippen molar-refractivity contribution in [3.8, 4) is 0 Å². The third-order valence-corrected chi connectivity index (χ3v) is 2.66. The van der Waals surface area contributed by atoms with E-state index >= 15 is 0 Å². The van der Waals surface area contributed by atoms with Gasteiger partial charge < -0.3 is 10.2 Å². The van der Waals surface area contributed by atoms with Gasteiger partial charge in [-0.25, -0.2) is 4.79 Å². The van der Waals surface area contributed by atoms with Crippen LogP contribution in [-0.2, 0) is 11.3 Å². The number of carboxylic acid groups (broad SMARTS) is 1. The highest BCUT2D eigenvalue weighted by Gasteiger charge is 2.22. The van der Waals surface area contributed by atoms with Gasteiger partial charge in [-0.2, -0.15) is 0 Å². The molecule has 1 aliphatic heterocycles. The van der Waals surface area contributed by atoms with E-state index in [0.29, 0.717) is 19.6 Å². The zero-order valence-corrected chi connectivity index (χ0v) is 11.7. The first-order valence-corrected chi connectivity index (χ1v) is 5.38. The van der Waals surface area contributed by atoms with Gasteiger partial charge >= 0.3 is 5.97 Å². The van der Waals surface area contributed by atoms with Crippen LogP contribution in [0.15, 0.2) is 36.2 Å². The summed E-state index contributed by atoms with van der Waals surface area (Å²) >= 11 is 0. The number of carbonyl (C=O) groups is 1. The van der Waals surface area contributed by atoms with Crippen molar-refractivity contribution in [2.75, 3.05) is 13.1 Å². The monoisotopic (exact) mass is 306 g/mol. The van der Waals surface area contributed by atoms with Gasteiger partial charge in [-0.05, 0) is 23.8 Å². The number of rotatable bonds is 3. The molecule has 0 amide bonds. The number of aliphatic hydroxyl groups excluding tert-OH is 1. The summed E-state index contributed by atoms with van der Waals surface area (Å²) in [5, 5.41) is 18.5. The molecule has 7 heteroatoms. The molecule has 1 aromatic rings. The molecule has 0 fully saturated rings. The van der Waals surface area contributed by atoms with Gasteiger partial charge in [0.1, 0.15) is 0 Å². The highest BCUT2D eigenvalue weighted by molar-refractivity contribution is 5.87. The molecule has 19 heavy (non-hydrogen) atoms. The molecular formula is C12H16Cl2N2O3. The quantitative estimate of drug-likeness (QED) is 0.875. The number of hydrogen-bond acceptors (Lipinski definition) is 4. The Labute approximate surface area is 123 Å². The zero-order valence-electron chi connectivity index (χ0n) is 10.1. The van der Waals surface area contributed by atoms with Crippen LogP contribution in [0.2, 0.25) is 0 Å². The molecule has 2 rings (SSSR count). The Hall–Kier alpha value is -1.14. The van der Waals surface area contributed by atoms with Gasteiger partial charge in [0.15, 0.2) is 0 Å². The predicted molar refractivity (Wildman–Crippen MR) is 75.7 cm³/mol. The van der Waals surface area contributed by atoms with Gasteiger partial charge in [-0.3, -0.25) is 9.88 Å². The van der Waals surface area contributed by atoms with Crippen molar-refractivity contribution >= 4 is 30.8 Å². The minimum absolute atomic E-state index is 0. The van der Waals surface area contributed by atoms with E-state index in [-0.39, 0.29) is 30.4 Å². The SMILES string of the molecule is Cl.Cl.O=C(O)C1=CC(O)CN(Cc2ccncc2)C1. The Bertz CT molecular complexity index is 440. The van der Waals surface area contributed by atoms with Crippen molar-refractivity contribution in [3.63, 3.8) is 0 Å². The summed E-state index contributed by atoms with van der Waals surface area (Å²) < 4.78 is 0. The maximum Gasteiger partial charge on any atom is 0.332 e. The summed E-state index contributed by atoms with van der Waals surface area (Å²) in [6.07, 6.45) is 4.09. The summed E-state index contributed by atoms with van der Waals surface area (Å²) in [5.74, 6) is -0.969. The minimum Gasteiger partial charge on any atom is -0.478 e. The van der Waals surface area contributed by atoms with Crippen molar-refractivity contribution in [1.82, 2.24) is 9.88 Å². The van der Waals surface area contributed by atoms with E-state index < -0.39 is 12.1 Å². The van der Waals surface area contributed by atoms with E-state index in [1.165, 1.54) is 6.08 Å². The largest absolute Gasteiger partial charge is 0.478 e. The molecule has 0 radical (unpaired) electrons. The molecule has 0 bridgehead atoms. The minimum atomic E-state index is -0.969. The van der Waals surface area contributed by atoms with E-state index in [4.69, 9.17) is 5.11 Å². The number of aromatic nitrogens is 1. The van der Waals surface area contributed by atoms with Crippen molar-refractivity contribution in [2.24, 2.45) is 0 Å². The van der Waals surface area contributed by atoms with Crippen molar-refractivity contribution in [3.05, 3.63) is 41.7 Å². The molecule has 106 valence electrons. The van der Waals surface area contributed by atoms with Gasteiger partial charge in [0.25, 0.3) is 0 Å². The fourth-order valence-corrected chi connectivity index (χ4v) is 1.91. The molecule has 2 heterocycles. The third-order valence-electron chi connectivity index (χ3n) is 2.66. The lowest BCUT2D eigenvalue weighted by atomic mass is 10.1. The number of halogens is 2. The number of pyridine rings is 1. The lowest BCUT2D eigenvalue weighted by molar-refractivity contribution is -0.133. The molecule has 1 aliphatic rings. The Morgan fingerprint density at radius 2 is 2.00 bits per heavy atom. The Balaban J connectivity index is 0.00000162. The van der Waals surface area contributed by atoms with E-state index in [1.807, 2.05) is 17.0 Å². The molecule has 1 aromatic heterocycles. The Morgan fingerprint density at radius 1 is 1.37 bits per heavy atom. The fraction of sp³-hybridized carbons (Fsp3) is 0.333. The number of carboxylic acids is 1. The van der Waals surface area contributed by atoms with Crippen molar-refractivity contribution < 1.29 is 15.0 Å². The molecule has 0 saturated heterocycles. The maximum absolute atomic E-state index is 10.9. The first-order chi connectivity index (χ1) is 8.15. The molecule has 0 saturated carbocycles. The van der Waals surface area contributed by atoms with Gasteiger partial charge in [0.05, 0.1) is 6.10 Å². The van der Waals surface area contributed by atoms with Crippen molar-refractivity contribution in [2.45, 2.75) is 12.6 Å². The molecular weight excluding hydrogens is 291 g/mol. The van der Waals surface area contributed by atoms with Crippen LogP contribution in [0.5, 0.6) is 0 Å². The topological polar surface area (TPSA) is 73.7 Å². The van der Waals surface area contributed by atoms with E-state index in [2.05, 4.69) is 4.98 Å². The van der Waals surface area contributed by atoms with Gasteiger partial charge in [-0.15, -0.1) is 24.8 Å². The highest BCUT2D eigenvalue weighted by Crippen LogP contribution is 2.13. The van der Waals surface area contributed by atoms with E-state index in [1.54, 1.807) is 12.4 Å². The second kappa shape index (κ2) is 8.12. The van der Waals surface area contributed by atoms with Crippen LogP contribution in [0.25, 0.3) is 0 Å². The van der Waals surface area contributed by atoms with Gasteiger partial charge in [0, 0.05) is 37.6 Å². The number of hydrogen-bond donors (Lipinski definition) is 2. The number of aliphatic hydroxyl groups is 1. The van der Waals surface area contributed by atoms with Crippen LogP contribution in [-0.4, -0.2) is 45.3 Å². The van der Waals surface area contributed by atoms with Crippen LogP contribution >= 0.6 is 24.8 Å². The summed E-state index contributed by atoms with van der Waals surface area (Å²) in [7, 11) is 0. The average molecular weight is 307 g/mol. The molecule has 1 atom stereocenters. The molecule has 1 unspecified atom stereocenters. The van der Waals surface area contributed by atoms with Crippen LogP contribution < -0.4 is 0 Å². The lowest BCUT2D eigenvalue weighted by Gasteiger charge is -2.28. The van der Waals surface area contributed by atoms with Crippen LogP contribution in [0, 0.1) is 0 Å². The molecule has 2 N–H and O–H groups in total. The number of β-amino-alcohol motifs (C(OH)–C–C–N with tert-alkyl or cyclic N) is 1. The summed E-state index contributed by atoms with van der Waals surface area (Å²) in [6.45, 7) is 1.43. The smallest absolute Gasteiger partial charge is 0.332 e. The summed E-state index contributed by atoms with van der Waals surface area (Å²) in [5.41, 5.74) is 1.30. The summed E-state index contributed by atoms with van der Waals surface area (Å²) in [6, 6.07) is 3.76. The Morgan fingerprint density at radius 3 is 2.58 bits per heavy atom. The normalized spacial score (nSPS) is 18.8. The average Bonchev–Trinajstić information content (AvgIpc) is 2.29. The fourth-order valence-electron chi connectivity index (χ4n) is 1.91. The van der Waals surface area contributed by atoms with Crippen LogP contribution in [0.1, 0.15) is 5.56 Å². The molecule has 0 aliphatic carbocycles. The predicted octanol–water partition coefficient (Wildman–Crippen LogP) is 1.11. The number of nitrogens with zero attached hydrogens (tertiary/aromatic N) is 2. The van der Waals surface area contributed by atoms with Gasteiger partial charge in [0.2, 0.25) is 0 Å². The second-order valence-corrected chi connectivity index (χ2v) is 4.09. The second-order valence-electron chi connectivity index (χ2n) is 4.09. The lowest BCUT2D eigenvalue weighted by Crippen LogP contribution is -2.38. The molecule has 0 spiro atoms. The van der Waals surface area contributed by atoms with Crippen molar-refractivity contribution in [1.29, 1.82) is 0 Å². The third kappa shape index (κ3) is 5.16. The van der Waals surface area contributed by atoms with Crippen LogP contribution in [0.3, 0.4) is 0 Å². The first-order valence-electron chi connectivity index (χ1n) is 5.38. The summed E-state index contributed by atoms with van der Waals surface area (Å²) in [4.78, 5) is 16.7. The van der Waals surface area contributed by atoms with Gasteiger partial charge in [-0.1, -0.05) is 0 Å². The maximum atomic E-state index is 10.9. The van der Waals surface area contributed by atoms with Crippen LogP contribution in [0.4, 0.5) is 0 Å². The standard InChI is InChI=1S/C12H14N2O3.2ClH/c15-11-5-10(12(16)17)7-14(8-11)6-9-1-3-13-4-2-9;;/h1-5,11,15H,6-8H2,(H,16,17);2*1H. The van der Waals surface area contributed by atoms with E-state index in [9.17, 15) is 9.90 Å². The zero-order chi connectivity index (χ0) is 12.3. The Kier molecular flexibility index (Phi) is 7.63. The molecule has 5 nitrogen and oxygen atoms in total. The highest BCUT2D eigenvalue weighted by atomic mass is 35.5. The number of aliphatic carboxylic acids is 1. The molecule has 0 aromatic carbocycles. The first kappa shape index (κ1) is 17.9.